The van der Waals surface area contributed by atoms with Crippen LogP contribution < -0.4 is 5.32 Å². The van der Waals surface area contributed by atoms with Crippen molar-refractivity contribution in [2.45, 2.75) is 49.5 Å². The van der Waals surface area contributed by atoms with E-state index in [4.69, 9.17) is 0 Å². The summed E-state index contributed by atoms with van der Waals surface area (Å²) in [6.45, 7) is 2.59. The van der Waals surface area contributed by atoms with Gasteiger partial charge in [0.25, 0.3) is 0 Å². The van der Waals surface area contributed by atoms with Crippen molar-refractivity contribution in [2.24, 2.45) is 5.92 Å². The standard InChI is InChI=1S/C17H25NO2S/c1-2-14-8-10-17(20,11-9-14)13-18-16(19)12-21-15-6-4-3-5-7-15/h3-7,14,20H,2,8-13H2,1H3,(H,18,19). The van der Waals surface area contributed by atoms with Crippen LogP contribution in [0, 0.1) is 5.92 Å². The Balaban J connectivity index is 1.69. The van der Waals surface area contributed by atoms with Crippen LogP contribution in [0.15, 0.2) is 35.2 Å². The van der Waals surface area contributed by atoms with E-state index in [1.54, 1.807) is 0 Å². The number of thioether (sulfide) groups is 1. The van der Waals surface area contributed by atoms with Crippen LogP contribution >= 0.6 is 11.8 Å². The number of carbonyl (C=O) groups excluding carboxylic acids is 1. The van der Waals surface area contributed by atoms with E-state index >= 15 is 0 Å². The zero-order valence-electron chi connectivity index (χ0n) is 12.7. The maximum absolute atomic E-state index is 11.9. The lowest BCUT2D eigenvalue weighted by Gasteiger charge is -2.35. The van der Waals surface area contributed by atoms with Gasteiger partial charge in [0.1, 0.15) is 0 Å². The fraction of sp³-hybridized carbons (Fsp3) is 0.588. The number of carbonyl (C=O) groups is 1. The molecule has 1 fully saturated rings. The third-order valence-electron chi connectivity index (χ3n) is 4.34. The normalized spacial score (nSPS) is 25.5. The van der Waals surface area contributed by atoms with Crippen molar-refractivity contribution >= 4 is 17.7 Å². The fourth-order valence-electron chi connectivity index (χ4n) is 2.78. The van der Waals surface area contributed by atoms with Gasteiger partial charge in [0.15, 0.2) is 0 Å². The second kappa shape index (κ2) is 7.85. The number of amides is 1. The molecule has 0 bridgehead atoms. The summed E-state index contributed by atoms with van der Waals surface area (Å²) < 4.78 is 0. The SMILES string of the molecule is CCC1CCC(O)(CNC(=O)CSc2ccccc2)CC1. The van der Waals surface area contributed by atoms with E-state index in [1.807, 2.05) is 30.3 Å². The maximum atomic E-state index is 11.9. The van der Waals surface area contributed by atoms with Crippen molar-refractivity contribution in [3.8, 4) is 0 Å². The molecule has 1 saturated carbocycles. The Morgan fingerprint density at radius 3 is 2.62 bits per heavy atom. The number of hydrogen-bond acceptors (Lipinski definition) is 3. The lowest BCUT2D eigenvalue weighted by Crippen LogP contribution is -2.45. The topological polar surface area (TPSA) is 49.3 Å². The van der Waals surface area contributed by atoms with Gasteiger partial charge in [0, 0.05) is 11.4 Å². The Morgan fingerprint density at radius 1 is 1.33 bits per heavy atom. The van der Waals surface area contributed by atoms with Crippen LogP contribution in [-0.2, 0) is 4.79 Å². The van der Waals surface area contributed by atoms with Crippen molar-refractivity contribution in [1.82, 2.24) is 5.32 Å². The van der Waals surface area contributed by atoms with E-state index in [9.17, 15) is 9.90 Å². The second-order valence-electron chi connectivity index (χ2n) is 5.95. The van der Waals surface area contributed by atoms with Gasteiger partial charge >= 0.3 is 0 Å². The average Bonchev–Trinajstić information content (AvgIpc) is 2.53. The Morgan fingerprint density at radius 2 is 2.00 bits per heavy atom. The third kappa shape index (κ3) is 5.36. The van der Waals surface area contributed by atoms with Gasteiger partial charge in [-0.15, -0.1) is 11.8 Å². The van der Waals surface area contributed by atoms with Crippen LogP contribution in [0.3, 0.4) is 0 Å². The lowest BCUT2D eigenvalue weighted by molar-refractivity contribution is -0.120. The molecule has 3 nitrogen and oxygen atoms in total. The lowest BCUT2D eigenvalue weighted by atomic mass is 9.78. The minimum atomic E-state index is -0.696. The first kappa shape index (κ1) is 16.4. The molecule has 21 heavy (non-hydrogen) atoms. The van der Waals surface area contributed by atoms with Crippen molar-refractivity contribution in [3.05, 3.63) is 30.3 Å². The van der Waals surface area contributed by atoms with Gasteiger partial charge in [-0.05, 0) is 43.7 Å². The molecule has 1 aliphatic carbocycles. The molecule has 0 radical (unpaired) electrons. The minimum Gasteiger partial charge on any atom is -0.388 e. The van der Waals surface area contributed by atoms with Crippen LogP contribution in [0.1, 0.15) is 39.0 Å². The van der Waals surface area contributed by atoms with Crippen LogP contribution in [-0.4, -0.2) is 28.9 Å². The molecule has 0 saturated heterocycles. The molecule has 0 unspecified atom stereocenters. The van der Waals surface area contributed by atoms with E-state index in [2.05, 4.69) is 12.2 Å². The molecule has 0 aliphatic heterocycles. The Labute approximate surface area is 131 Å². The number of nitrogens with one attached hydrogen (secondary N) is 1. The summed E-state index contributed by atoms with van der Waals surface area (Å²) in [7, 11) is 0. The summed E-state index contributed by atoms with van der Waals surface area (Å²) in [6, 6.07) is 9.89. The van der Waals surface area contributed by atoms with Crippen molar-refractivity contribution in [2.75, 3.05) is 12.3 Å². The van der Waals surface area contributed by atoms with Crippen LogP contribution in [0.5, 0.6) is 0 Å². The molecule has 0 atom stereocenters. The number of benzene rings is 1. The Kier molecular flexibility index (Phi) is 6.12. The zero-order valence-corrected chi connectivity index (χ0v) is 13.5. The van der Waals surface area contributed by atoms with Gasteiger partial charge in [-0.25, -0.2) is 0 Å². The van der Waals surface area contributed by atoms with E-state index in [0.717, 1.165) is 36.5 Å². The molecular formula is C17H25NO2S. The van der Waals surface area contributed by atoms with Gasteiger partial charge in [-0.2, -0.15) is 0 Å². The van der Waals surface area contributed by atoms with Crippen molar-refractivity contribution in [1.29, 1.82) is 0 Å². The summed E-state index contributed by atoms with van der Waals surface area (Å²) in [5.41, 5.74) is -0.696. The highest BCUT2D eigenvalue weighted by Gasteiger charge is 2.32. The van der Waals surface area contributed by atoms with Gasteiger partial charge < -0.3 is 10.4 Å². The molecule has 116 valence electrons. The number of aliphatic hydroxyl groups is 1. The van der Waals surface area contributed by atoms with E-state index in [-0.39, 0.29) is 5.91 Å². The van der Waals surface area contributed by atoms with Crippen molar-refractivity contribution < 1.29 is 9.90 Å². The predicted molar refractivity (Wildman–Crippen MR) is 87.4 cm³/mol. The predicted octanol–water partition coefficient (Wildman–Crippen LogP) is 3.23. The molecule has 0 aromatic heterocycles. The van der Waals surface area contributed by atoms with Gasteiger partial charge in [0.2, 0.25) is 5.91 Å². The minimum absolute atomic E-state index is 0.00473. The molecule has 1 aliphatic rings. The molecule has 2 rings (SSSR count). The molecule has 0 spiro atoms. The number of hydrogen-bond donors (Lipinski definition) is 2. The highest BCUT2D eigenvalue weighted by atomic mass is 32.2. The van der Waals surface area contributed by atoms with E-state index < -0.39 is 5.60 Å². The summed E-state index contributed by atoms with van der Waals surface area (Å²) >= 11 is 1.52. The molecule has 0 heterocycles. The zero-order chi connectivity index (χ0) is 15.1. The van der Waals surface area contributed by atoms with Crippen LogP contribution in [0.2, 0.25) is 0 Å². The largest absolute Gasteiger partial charge is 0.388 e. The molecule has 4 heteroatoms. The quantitative estimate of drug-likeness (QED) is 0.793. The first-order valence-electron chi connectivity index (χ1n) is 7.78. The Bertz CT molecular complexity index is 441. The number of rotatable bonds is 6. The third-order valence-corrected chi connectivity index (χ3v) is 5.35. The van der Waals surface area contributed by atoms with Gasteiger partial charge in [0.05, 0.1) is 11.4 Å². The van der Waals surface area contributed by atoms with Crippen molar-refractivity contribution in [3.63, 3.8) is 0 Å². The van der Waals surface area contributed by atoms with Gasteiger partial charge in [-0.1, -0.05) is 31.5 Å². The smallest absolute Gasteiger partial charge is 0.230 e. The van der Waals surface area contributed by atoms with Crippen LogP contribution in [0.25, 0.3) is 0 Å². The molecular weight excluding hydrogens is 282 g/mol. The summed E-state index contributed by atoms with van der Waals surface area (Å²) in [6.07, 6.45) is 4.94. The van der Waals surface area contributed by atoms with Gasteiger partial charge in [-0.3, -0.25) is 4.79 Å². The maximum Gasteiger partial charge on any atom is 0.230 e. The Hall–Kier alpha value is -1.00. The molecule has 1 amide bonds. The molecule has 1 aromatic carbocycles. The first-order chi connectivity index (χ1) is 10.1. The average molecular weight is 307 g/mol. The van der Waals surface area contributed by atoms with Crippen LogP contribution in [0.4, 0.5) is 0 Å². The highest BCUT2D eigenvalue weighted by Crippen LogP contribution is 2.33. The molecule has 1 aromatic rings. The first-order valence-corrected chi connectivity index (χ1v) is 8.77. The summed E-state index contributed by atoms with van der Waals surface area (Å²) in [5.74, 6) is 1.14. The molecule has 2 N–H and O–H groups in total. The monoisotopic (exact) mass is 307 g/mol. The summed E-state index contributed by atoms with van der Waals surface area (Å²) in [4.78, 5) is 13.0. The van der Waals surface area contributed by atoms with E-state index in [1.165, 1.54) is 18.2 Å². The van der Waals surface area contributed by atoms with E-state index in [0.29, 0.717) is 12.3 Å². The second-order valence-corrected chi connectivity index (χ2v) is 7.00. The highest BCUT2D eigenvalue weighted by molar-refractivity contribution is 8.00. The fourth-order valence-corrected chi connectivity index (χ4v) is 3.53. The summed E-state index contributed by atoms with van der Waals surface area (Å²) in [5, 5.41) is 13.4.